The number of esters is 2. The molecule has 0 radical (unpaired) electrons. The lowest BCUT2D eigenvalue weighted by molar-refractivity contribution is -0.140. The summed E-state index contributed by atoms with van der Waals surface area (Å²) in [5.41, 5.74) is 3.17. The third-order valence-electron chi connectivity index (χ3n) is 2.48. The molecule has 0 saturated carbocycles. The first-order valence-electron chi connectivity index (χ1n) is 5.14. The van der Waals surface area contributed by atoms with E-state index in [1.807, 2.05) is 0 Å². The monoisotopic (exact) mass is 228 g/mol. The Morgan fingerprint density at radius 1 is 1.44 bits per heavy atom. The maximum absolute atomic E-state index is 11.3. The van der Waals surface area contributed by atoms with Gasteiger partial charge >= 0.3 is 11.9 Å². The van der Waals surface area contributed by atoms with E-state index < -0.39 is 5.97 Å². The molecule has 0 spiro atoms. The van der Waals surface area contributed by atoms with E-state index in [2.05, 4.69) is 20.0 Å². The largest absolute Gasteiger partial charge is 0.469 e. The summed E-state index contributed by atoms with van der Waals surface area (Å²) >= 11 is 0. The van der Waals surface area contributed by atoms with Crippen molar-refractivity contribution in [1.82, 2.24) is 5.43 Å². The van der Waals surface area contributed by atoms with Gasteiger partial charge < -0.3 is 14.9 Å². The third kappa shape index (κ3) is 3.22. The first kappa shape index (κ1) is 12.5. The standard InChI is InChI=1S/C10H16N2O4/c1-15-8(13)5-3-4-7-6-11-12-9(7)10(14)16-2/h7,11H,3-6H2,1-2H3. The van der Waals surface area contributed by atoms with Crippen molar-refractivity contribution in [2.24, 2.45) is 11.0 Å². The van der Waals surface area contributed by atoms with Gasteiger partial charge in [-0.15, -0.1) is 0 Å². The Hall–Kier alpha value is -1.59. The van der Waals surface area contributed by atoms with E-state index in [4.69, 9.17) is 0 Å². The van der Waals surface area contributed by atoms with Crippen LogP contribution in [0.2, 0.25) is 0 Å². The van der Waals surface area contributed by atoms with Gasteiger partial charge in [0.1, 0.15) is 5.71 Å². The molecule has 1 aliphatic rings. The van der Waals surface area contributed by atoms with Gasteiger partial charge in [-0.1, -0.05) is 0 Å². The van der Waals surface area contributed by atoms with E-state index in [1.54, 1.807) is 0 Å². The predicted octanol–water partition coefficient (Wildman–Crippen LogP) is 0.0781. The first-order chi connectivity index (χ1) is 7.69. The van der Waals surface area contributed by atoms with E-state index in [1.165, 1.54) is 14.2 Å². The van der Waals surface area contributed by atoms with Crippen molar-refractivity contribution in [1.29, 1.82) is 0 Å². The second kappa shape index (κ2) is 6.09. The van der Waals surface area contributed by atoms with Gasteiger partial charge in [-0.05, 0) is 12.8 Å². The molecule has 0 aliphatic carbocycles. The summed E-state index contributed by atoms with van der Waals surface area (Å²) in [6.45, 7) is 0.617. The molecule has 0 aromatic rings. The molecule has 0 saturated heterocycles. The Labute approximate surface area is 94.0 Å². The molecule has 0 fully saturated rings. The SMILES string of the molecule is COC(=O)CCCC1CNN=C1C(=O)OC. The summed E-state index contributed by atoms with van der Waals surface area (Å²) in [7, 11) is 2.69. The number of ether oxygens (including phenoxy) is 2. The van der Waals surface area contributed by atoms with Crippen LogP contribution in [0.3, 0.4) is 0 Å². The summed E-state index contributed by atoms with van der Waals surface area (Å²) in [5.74, 6) is -0.618. The van der Waals surface area contributed by atoms with Gasteiger partial charge in [0.05, 0.1) is 14.2 Å². The minimum absolute atomic E-state index is 0.0251. The van der Waals surface area contributed by atoms with Gasteiger partial charge in [-0.3, -0.25) is 4.79 Å². The van der Waals surface area contributed by atoms with E-state index in [0.29, 0.717) is 25.1 Å². The van der Waals surface area contributed by atoms with Crippen molar-refractivity contribution in [3.63, 3.8) is 0 Å². The molecule has 16 heavy (non-hydrogen) atoms. The molecular formula is C10H16N2O4. The average Bonchev–Trinajstić information content (AvgIpc) is 2.76. The molecule has 6 nitrogen and oxygen atoms in total. The zero-order valence-electron chi connectivity index (χ0n) is 9.49. The lowest BCUT2D eigenvalue weighted by Crippen LogP contribution is -2.24. The van der Waals surface area contributed by atoms with E-state index >= 15 is 0 Å². The fourth-order valence-corrected chi connectivity index (χ4v) is 1.58. The van der Waals surface area contributed by atoms with E-state index in [0.717, 1.165) is 6.42 Å². The second-order valence-corrected chi connectivity index (χ2v) is 3.52. The van der Waals surface area contributed by atoms with Gasteiger partial charge in [-0.2, -0.15) is 5.10 Å². The normalized spacial score (nSPS) is 18.6. The zero-order valence-corrected chi connectivity index (χ0v) is 9.49. The van der Waals surface area contributed by atoms with E-state index in [9.17, 15) is 9.59 Å². The highest BCUT2D eigenvalue weighted by Gasteiger charge is 2.27. The molecule has 90 valence electrons. The first-order valence-corrected chi connectivity index (χ1v) is 5.14. The summed E-state index contributed by atoms with van der Waals surface area (Å²) in [5, 5.41) is 3.88. The number of hydrogen-bond donors (Lipinski definition) is 1. The van der Waals surface area contributed by atoms with Gasteiger partial charge in [0.25, 0.3) is 0 Å². The van der Waals surface area contributed by atoms with Gasteiger partial charge in [0, 0.05) is 18.9 Å². The van der Waals surface area contributed by atoms with Crippen LogP contribution in [0.25, 0.3) is 0 Å². The van der Waals surface area contributed by atoms with Gasteiger partial charge in [-0.25, -0.2) is 4.79 Å². The minimum atomic E-state index is -0.409. The molecule has 0 aromatic carbocycles. The molecule has 6 heteroatoms. The smallest absolute Gasteiger partial charge is 0.354 e. The van der Waals surface area contributed by atoms with Crippen LogP contribution in [0, 0.1) is 5.92 Å². The summed E-state index contributed by atoms with van der Waals surface area (Å²) in [6.07, 6.45) is 1.76. The molecule has 1 aliphatic heterocycles. The fraction of sp³-hybridized carbons (Fsp3) is 0.700. The van der Waals surface area contributed by atoms with Crippen LogP contribution in [-0.2, 0) is 19.1 Å². The van der Waals surface area contributed by atoms with Gasteiger partial charge in [0.15, 0.2) is 0 Å². The maximum atomic E-state index is 11.3. The number of nitrogens with zero attached hydrogens (tertiary/aromatic N) is 1. The Kier molecular flexibility index (Phi) is 4.75. The Morgan fingerprint density at radius 2 is 2.19 bits per heavy atom. The molecule has 0 bridgehead atoms. The van der Waals surface area contributed by atoms with Crippen LogP contribution in [0.15, 0.2) is 5.10 Å². The molecule has 0 aromatic heterocycles. The van der Waals surface area contributed by atoms with Crippen LogP contribution in [0.1, 0.15) is 19.3 Å². The quantitative estimate of drug-likeness (QED) is 0.674. The lowest BCUT2D eigenvalue weighted by Gasteiger charge is -2.09. The molecule has 1 unspecified atom stereocenters. The maximum Gasteiger partial charge on any atom is 0.354 e. The highest BCUT2D eigenvalue weighted by Crippen LogP contribution is 2.15. The van der Waals surface area contributed by atoms with E-state index in [-0.39, 0.29) is 11.9 Å². The lowest BCUT2D eigenvalue weighted by atomic mass is 9.97. The van der Waals surface area contributed by atoms with Crippen molar-refractivity contribution in [2.75, 3.05) is 20.8 Å². The van der Waals surface area contributed by atoms with Crippen LogP contribution < -0.4 is 5.43 Å². The Balaban J connectivity index is 2.35. The number of carbonyl (C=O) groups is 2. The summed E-state index contributed by atoms with van der Waals surface area (Å²) < 4.78 is 9.15. The molecule has 1 N–H and O–H groups in total. The summed E-state index contributed by atoms with van der Waals surface area (Å²) in [4.78, 5) is 22.2. The zero-order chi connectivity index (χ0) is 12.0. The number of nitrogens with one attached hydrogen (secondary N) is 1. The highest BCUT2D eigenvalue weighted by molar-refractivity contribution is 6.37. The second-order valence-electron chi connectivity index (χ2n) is 3.52. The average molecular weight is 228 g/mol. The topological polar surface area (TPSA) is 77.0 Å². The number of hydrogen-bond acceptors (Lipinski definition) is 6. The van der Waals surface area contributed by atoms with Crippen LogP contribution >= 0.6 is 0 Å². The summed E-state index contributed by atoms with van der Waals surface area (Å²) in [6, 6.07) is 0. The Bertz CT molecular complexity index is 301. The molecule has 0 amide bonds. The van der Waals surface area contributed by atoms with Crippen LogP contribution in [0.5, 0.6) is 0 Å². The number of hydrazone groups is 1. The molecule has 1 atom stereocenters. The Morgan fingerprint density at radius 3 is 2.81 bits per heavy atom. The van der Waals surface area contributed by atoms with Crippen molar-refractivity contribution in [2.45, 2.75) is 19.3 Å². The number of carbonyl (C=O) groups excluding carboxylic acids is 2. The fourth-order valence-electron chi connectivity index (χ4n) is 1.58. The van der Waals surface area contributed by atoms with Crippen LogP contribution in [0.4, 0.5) is 0 Å². The minimum Gasteiger partial charge on any atom is -0.469 e. The van der Waals surface area contributed by atoms with Crippen LogP contribution in [-0.4, -0.2) is 38.4 Å². The molecule has 1 rings (SSSR count). The van der Waals surface area contributed by atoms with Gasteiger partial charge in [0.2, 0.25) is 0 Å². The number of rotatable bonds is 5. The van der Waals surface area contributed by atoms with Crippen molar-refractivity contribution in [3.8, 4) is 0 Å². The highest BCUT2D eigenvalue weighted by atomic mass is 16.5. The van der Waals surface area contributed by atoms with Crippen molar-refractivity contribution < 1.29 is 19.1 Å². The molecular weight excluding hydrogens is 212 g/mol. The third-order valence-corrected chi connectivity index (χ3v) is 2.48. The molecule has 1 heterocycles. The van der Waals surface area contributed by atoms with Crippen molar-refractivity contribution in [3.05, 3.63) is 0 Å². The van der Waals surface area contributed by atoms with Crippen molar-refractivity contribution >= 4 is 17.7 Å². The predicted molar refractivity (Wildman–Crippen MR) is 56.8 cm³/mol. The number of methoxy groups -OCH3 is 2.